The maximum Gasteiger partial charge on any atom is 0.534 e. The summed E-state index contributed by atoms with van der Waals surface area (Å²) in [6.07, 6.45) is 0. The summed E-state index contributed by atoms with van der Waals surface area (Å²) in [6.45, 7) is 4.20. The minimum Gasteiger partial charge on any atom is -0.376 e. The standard InChI is InChI=1S/C10H10F6O3SSi/c1-21(2,3)9-6(4-5(11)7(12)8(9)13)19-20(17,18)10(14,15)16/h4H,1-3H3. The van der Waals surface area contributed by atoms with Crippen molar-refractivity contribution in [3.05, 3.63) is 23.5 Å². The van der Waals surface area contributed by atoms with E-state index in [-0.39, 0.29) is 6.07 Å². The fourth-order valence-corrected chi connectivity index (χ4v) is 3.67. The zero-order valence-electron chi connectivity index (χ0n) is 11.0. The van der Waals surface area contributed by atoms with E-state index in [2.05, 4.69) is 4.18 Å². The first-order valence-corrected chi connectivity index (χ1v) is 10.3. The molecule has 0 saturated heterocycles. The van der Waals surface area contributed by atoms with Crippen LogP contribution in [0.1, 0.15) is 0 Å². The molecule has 1 aromatic rings. The minimum absolute atomic E-state index is 0.0925. The molecule has 0 saturated carbocycles. The van der Waals surface area contributed by atoms with Crippen molar-refractivity contribution in [2.45, 2.75) is 25.1 Å². The van der Waals surface area contributed by atoms with Crippen LogP contribution < -0.4 is 9.37 Å². The number of halogens is 6. The summed E-state index contributed by atoms with van der Waals surface area (Å²) < 4.78 is 103. The van der Waals surface area contributed by atoms with Crippen LogP contribution in [0.25, 0.3) is 0 Å². The molecule has 0 atom stereocenters. The second-order valence-electron chi connectivity index (χ2n) is 5.09. The Kier molecular flexibility index (Phi) is 4.41. The van der Waals surface area contributed by atoms with Crippen LogP contribution in [-0.4, -0.2) is 22.0 Å². The van der Waals surface area contributed by atoms with E-state index in [1.807, 2.05) is 0 Å². The first-order chi connectivity index (χ1) is 9.18. The van der Waals surface area contributed by atoms with Gasteiger partial charge in [0.25, 0.3) is 0 Å². The monoisotopic (exact) mass is 352 g/mol. The van der Waals surface area contributed by atoms with E-state index in [9.17, 15) is 34.8 Å². The molecular weight excluding hydrogens is 342 g/mol. The molecule has 21 heavy (non-hydrogen) atoms. The summed E-state index contributed by atoms with van der Waals surface area (Å²) in [4.78, 5) is 0. The maximum atomic E-state index is 13.8. The van der Waals surface area contributed by atoms with E-state index >= 15 is 0 Å². The number of alkyl halides is 3. The first-order valence-electron chi connectivity index (χ1n) is 5.37. The quantitative estimate of drug-likeness (QED) is 0.276. The third-order valence-electron chi connectivity index (χ3n) is 2.36. The van der Waals surface area contributed by atoms with Crippen molar-refractivity contribution in [2.75, 3.05) is 0 Å². The zero-order valence-corrected chi connectivity index (χ0v) is 12.8. The van der Waals surface area contributed by atoms with Gasteiger partial charge in [-0.1, -0.05) is 19.6 Å². The molecule has 0 radical (unpaired) electrons. The van der Waals surface area contributed by atoms with Crippen molar-refractivity contribution in [2.24, 2.45) is 0 Å². The predicted molar refractivity (Wildman–Crippen MR) is 64.9 cm³/mol. The molecule has 3 nitrogen and oxygen atoms in total. The fraction of sp³-hybridized carbons (Fsp3) is 0.400. The molecule has 0 aliphatic heterocycles. The van der Waals surface area contributed by atoms with Gasteiger partial charge in [-0.2, -0.15) is 21.6 Å². The summed E-state index contributed by atoms with van der Waals surface area (Å²) in [5.41, 5.74) is -5.77. The number of benzene rings is 1. The Bertz CT molecular complexity index is 663. The van der Waals surface area contributed by atoms with Crippen molar-refractivity contribution in [3.8, 4) is 5.75 Å². The molecule has 0 fully saturated rings. The summed E-state index contributed by atoms with van der Waals surface area (Å²) in [5, 5.41) is -0.686. The molecule has 0 N–H and O–H groups in total. The summed E-state index contributed by atoms with van der Waals surface area (Å²) in [6, 6.07) is 0.0925. The van der Waals surface area contributed by atoms with Crippen LogP contribution in [0.3, 0.4) is 0 Å². The van der Waals surface area contributed by atoms with Gasteiger partial charge in [0.2, 0.25) is 0 Å². The minimum atomic E-state index is -6.11. The highest BCUT2D eigenvalue weighted by Crippen LogP contribution is 2.29. The van der Waals surface area contributed by atoms with E-state index in [4.69, 9.17) is 0 Å². The highest BCUT2D eigenvalue weighted by Gasteiger charge is 2.49. The third-order valence-corrected chi connectivity index (χ3v) is 5.29. The molecule has 0 aliphatic rings. The highest BCUT2D eigenvalue weighted by atomic mass is 32.2. The lowest BCUT2D eigenvalue weighted by Crippen LogP contribution is -2.43. The number of hydrogen-bond acceptors (Lipinski definition) is 3. The van der Waals surface area contributed by atoms with Crippen molar-refractivity contribution < 1.29 is 38.9 Å². The topological polar surface area (TPSA) is 43.4 Å². The molecule has 0 aromatic heterocycles. The van der Waals surface area contributed by atoms with Crippen molar-refractivity contribution in [3.63, 3.8) is 0 Å². The molecular formula is C10H10F6O3SSi. The molecule has 0 amide bonds. The lowest BCUT2D eigenvalue weighted by Gasteiger charge is -2.22. The van der Waals surface area contributed by atoms with Crippen LogP contribution in [0, 0.1) is 17.5 Å². The molecule has 0 heterocycles. The van der Waals surface area contributed by atoms with Crippen molar-refractivity contribution >= 4 is 23.4 Å². The van der Waals surface area contributed by atoms with Gasteiger partial charge in [-0.05, 0) is 0 Å². The van der Waals surface area contributed by atoms with Crippen LogP contribution in [0.4, 0.5) is 26.3 Å². The second kappa shape index (κ2) is 5.20. The smallest absolute Gasteiger partial charge is 0.376 e. The average Bonchev–Trinajstić information content (AvgIpc) is 2.21. The number of hydrogen-bond donors (Lipinski definition) is 0. The summed E-state index contributed by atoms with van der Waals surface area (Å²) in [5.74, 6) is -6.68. The van der Waals surface area contributed by atoms with E-state index < -0.39 is 52.1 Å². The van der Waals surface area contributed by atoms with Gasteiger partial charge in [-0.3, -0.25) is 0 Å². The van der Waals surface area contributed by atoms with Gasteiger partial charge >= 0.3 is 15.6 Å². The van der Waals surface area contributed by atoms with E-state index in [0.29, 0.717) is 0 Å². The Morgan fingerprint density at radius 1 is 1.05 bits per heavy atom. The van der Waals surface area contributed by atoms with Gasteiger partial charge in [-0.25, -0.2) is 13.2 Å². The van der Waals surface area contributed by atoms with Crippen molar-refractivity contribution in [1.82, 2.24) is 0 Å². The average molecular weight is 352 g/mol. The molecule has 1 rings (SSSR count). The van der Waals surface area contributed by atoms with Gasteiger partial charge in [0.15, 0.2) is 17.5 Å². The maximum absolute atomic E-state index is 13.8. The van der Waals surface area contributed by atoms with Gasteiger partial charge in [0.05, 0.1) is 8.07 Å². The Hall–Kier alpha value is -1.23. The molecule has 0 unspecified atom stereocenters. The van der Waals surface area contributed by atoms with Crippen molar-refractivity contribution in [1.29, 1.82) is 0 Å². The fourth-order valence-electron chi connectivity index (χ4n) is 1.50. The molecule has 0 aliphatic carbocycles. The molecule has 11 heteroatoms. The second-order valence-corrected chi connectivity index (χ2v) is 11.6. The van der Waals surface area contributed by atoms with E-state index in [1.165, 1.54) is 19.6 Å². The Morgan fingerprint density at radius 3 is 1.90 bits per heavy atom. The van der Waals surface area contributed by atoms with Crippen LogP contribution in [0.2, 0.25) is 19.6 Å². The molecule has 0 bridgehead atoms. The Labute approximate surface area is 117 Å². The first kappa shape index (κ1) is 17.8. The van der Waals surface area contributed by atoms with Crippen LogP contribution >= 0.6 is 0 Å². The Morgan fingerprint density at radius 2 is 1.52 bits per heavy atom. The van der Waals surface area contributed by atoms with Gasteiger partial charge in [-0.15, -0.1) is 0 Å². The van der Waals surface area contributed by atoms with Gasteiger partial charge in [0, 0.05) is 11.3 Å². The summed E-state index contributed by atoms with van der Waals surface area (Å²) >= 11 is 0. The molecule has 0 spiro atoms. The predicted octanol–water partition coefficient (Wildman–Crippen LogP) is 2.88. The third kappa shape index (κ3) is 3.51. The Balaban J connectivity index is 3.58. The normalized spacial score (nSPS) is 13.4. The SMILES string of the molecule is C[Si](C)(C)c1c(OS(=O)(=O)C(F)(F)F)cc(F)c(F)c1F. The summed E-state index contributed by atoms with van der Waals surface area (Å²) in [7, 11) is -8.99. The number of rotatable bonds is 3. The van der Waals surface area contributed by atoms with Crippen LogP contribution in [0.15, 0.2) is 6.07 Å². The van der Waals surface area contributed by atoms with E-state index in [1.54, 1.807) is 0 Å². The van der Waals surface area contributed by atoms with Crippen LogP contribution in [-0.2, 0) is 10.1 Å². The highest BCUT2D eigenvalue weighted by molar-refractivity contribution is 7.88. The van der Waals surface area contributed by atoms with E-state index in [0.717, 1.165) is 0 Å². The zero-order chi connectivity index (χ0) is 16.8. The largest absolute Gasteiger partial charge is 0.534 e. The van der Waals surface area contributed by atoms with Gasteiger partial charge < -0.3 is 4.18 Å². The molecule has 120 valence electrons. The lowest BCUT2D eigenvalue weighted by atomic mass is 10.3. The van der Waals surface area contributed by atoms with Crippen LogP contribution in [0.5, 0.6) is 5.75 Å². The van der Waals surface area contributed by atoms with Gasteiger partial charge in [0.1, 0.15) is 5.75 Å². The lowest BCUT2D eigenvalue weighted by molar-refractivity contribution is -0.0500. The molecule has 1 aromatic carbocycles.